The second-order valence-corrected chi connectivity index (χ2v) is 2.99. The third kappa shape index (κ3) is 1.09. The summed E-state index contributed by atoms with van der Waals surface area (Å²) >= 11 is 0. The van der Waals surface area contributed by atoms with Crippen molar-refractivity contribution in [2.75, 3.05) is 11.9 Å². The molecule has 1 aliphatic heterocycles. The summed E-state index contributed by atoms with van der Waals surface area (Å²) in [4.78, 5) is 4.27. The zero-order chi connectivity index (χ0) is 7.68. The smallest absolute Gasteiger partial charge is 0.129 e. The Hall–Kier alpha value is -1.05. The quantitative estimate of drug-likeness (QED) is 0.606. The van der Waals surface area contributed by atoms with Gasteiger partial charge in [-0.2, -0.15) is 0 Å². The molecule has 0 fully saturated rings. The van der Waals surface area contributed by atoms with E-state index in [2.05, 4.69) is 23.3 Å². The molecular formula is C9H12N2. The van der Waals surface area contributed by atoms with Crippen LogP contribution in [0.2, 0.25) is 0 Å². The highest BCUT2D eigenvalue weighted by atomic mass is 15.0. The number of rotatable bonds is 0. The molecule has 0 saturated heterocycles. The lowest BCUT2D eigenvalue weighted by Crippen LogP contribution is -2.13. The van der Waals surface area contributed by atoms with Gasteiger partial charge in [-0.25, -0.2) is 4.98 Å². The van der Waals surface area contributed by atoms with E-state index in [1.54, 1.807) is 0 Å². The van der Waals surface area contributed by atoms with Gasteiger partial charge < -0.3 is 5.32 Å². The fourth-order valence-corrected chi connectivity index (χ4v) is 1.53. The summed E-state index contributed by atoms with van der Waals surface area (Å²) in [6.45, 7) is 3.22. The number of aryl methyl sites for hydroxylation is 1. The van der Waals surface area contributed by atoms with Gasteiger partial charge >= 0.3 is 0 Å². The summed E-state index contributed by atoms with van der Waals surface area (Å²) in [7, 11) is 0. The predicted molar refractivity (Wildman–Crippen MR) is 45.8 cm³/mol. The number of aromatic nitrogens is 1. The van der Waals surface area contributed by atoms with Gasteiger partial charge in [0, 0.05) is 12.7 Å². The van der Waals surface area contributed by atoms with Crippen molar-refractivity contribution in [2.24, 2.45) is 0 Å². The Morgan fingerprint density at radius 3 is 3.27 bits per heavy atom. The van der Waals surface area contributed by atoms with E-state index in [4.69, 9.17) is 0 Å². The average Bonchev–Trinajstić information content (AvgIpc) is 2.06. The van der Waals surface area contributed by atoms with Gasteiger partial charge in [0.05, 0.1) is 0 Å². The van der Waals surface area contributed by atoms with Crippen molar-refractivity contribution in [3.05, 3.63) is 23.4 Å². The van der Waals surface area contributed by atoms with Crippen LogP contribution in [0.1, 0.15) is 17.5 Å². The number of hydrogen-bond donors (Lipinski definition) is 1. The van der Waals surface area contributed by atoms with Crippen LogP contribution in [-0.2, 0) is 6.42 Å². The molecule has 2 nitrogen and oxygen atoms in total. The molecule has 11 heavy (non-hydrogen) atoms. The molecule has 2 heteroatoms. The molecule has 1 N–H and O–H groups in total. The minimum atomic E-state index is 1.07. The fourth-order valence-electron chi connectivity index (χ4n) is 1.53. The summed E-state index contributed by atoms with van der Waals surface area (Å²) in [6, 6.07) is 2.08. The lowest BCUT2D eigenvalue weighted by atomic mass is 10.0. The summed E-state index contributed by atoms with van der Waals surface area (Å²) in [5, 5.41) is 3.29. The van der Waals surface area contributed by atoms with E-state index in [0.717, 1.165) is 12.4 Å². The summed E-state index contributed by atoms with van der Waals surface area (Å²) in [5.74, 6) is 1.09. The summed E-state index contributed by atoms with van der Waals surface area (Å²) in [6.07, 6.45) is 4.29. The lowest BCUT2D eigenvalue weighted by molar-refractivity contribution is 0.811. The van der Waals surface area contributed by atoms with Crippen molar-refractivity contribution in [3.8, 4) is 0 Å². The van der Waals surface area contributed by atoms with Gasteiger partial charge in [-0.3, -0.25) is 0 Å². The van der Waals surface area contributed by atoms with Crippen LogP contribution >= 0.6 is 0 Å². The third-order valence-electron chi connectivity index (χ3n) is 2.19. The molecule has 1 aromatic rings. The van der Waals surface area contributed by atoms with Crippen LogP contribution in [0.3, 0.4) is 0 Å². The van der Waals surface area contributed by atoms with Crippen LogP contribution in [0, 0.1) is 6.92 Å². The van der Waals surface area contributed by atoms with Gasteiger partial charge in [0.25, 0.3) is 0 Å². The van der Waals surface area contributed by atoms with Crippen LogP contribution in [0.4, 0.5) is 5.82 Å². The molecule has 2 rings (SSSR count). The van der Waals surface area contributed by atoms with Gasteiger partial charge in [0.15, 0.2) is 0 Å². The fraction of sp³-hybridized carbons (Fsp3) is 0.444. The van der Waals surface area contributed by atoms with Crippen LogP contribution < -0.4 is 5.32 Å². The number of hydrogen-bond acceptors (Lipinski definition) is 2. The first-order valence-corrected chi connectivity index (χ1v) is 4.06. The number of nitrogens with one attached hydrogen (secondary N) is 1. The zero-order valence-electron chi connectivity index (χ0n) is 6.72. The molecule has 0 aliphatic carbocycles. The topological polar surface area (TPSA) is 24.9 Å². The molecule has 0 aromatic carbocycles. The Kier molecular flexibility index (Phi) is 1.53. The molecule has 0 amide bonds. The van der Waals surface area contributed by atoms with Gasteiger partial charge in [-0.15, -0.1) is 0 Å². The van der Waals surface area contributed by atoms with Crippen molar-refractivity contribution in [2.45, 2.75) is 19.8 Å². The monoisotopic (exact) mass is 148 g/mol. The van der Waals surface area contributed by atoms with Crippen LogP contribution in [0.25, 0.3) is 0 Å². The normalized spacial score (nSPS) is 15.4. The van der Waals surface area contributed by atoms with Crippen molar-refractivity contribution in [3.63, 3.8) is 0 Å². The van der Waals surface area contributed by atoms with Crippen molar-refractivity contribution in [1.29, 1.82) is 0 Å². The van der Waals surface area contributed by atoms with Crippen LogP contribution in [-0.4, -0.2) is 11.5 Å². The first-order chi connectivity index (χ1) is 5.38. The van der Waals surface area contributed by atoms with Gasteiger partial charge in [0.1, 0.15) is 5.82 Å². The SMILES string of the molecule is Cc1ccnc2c1CCCN2. The molecule has 0 spiro atoms. The highest BCUT2D eigenvalue weighted by Crippen LogP contribution is 2.21. The van der Waals surface area contributed by atoms with Crippen molar-refractivity contribution < 1.29 is 0 Å². The van der Waals surface area contributed by atoms with Crippen molar-refractivity contribution in [1.82, 2.24) is 4.98 Å². The van der Waals surface area contributed by atoms with E-state index in [1.165, 1.54) is 24.0 Å². The standard InChI is InChI=1S/C9H12N2/c1-7-4-6-11-9-8(7)3-2-5-10-9/h4,6H,2-3,5H2,1H3,(H,10,11). The second-order valence-electron chi connectivity index (χ2n) is 2.99. The Labute approximate surface area is 66.7 Å². The highest BCUT2D eigenvalue weighted by Gasteiger charge is 2.10. The molecule has 2 heterocycles. The Balaban J connectivity index is 2.49. The molecule has 0 saturated carbocycles. The Morgan fingerprint density at radius 1 is 1.55 bits per heavy atom. The molecule has 0 radical (unpaired) electrons. The molecule has 1 aromatic heterocycles. The predicted octanol–water partition coefficient (Wildman–Crippen LogP) is 1.75. The van der Waals surface area contributed by atoms with Crippen molar-refractivity contribution >= 4 is 5.82 Å². The Morgan fingerprint density at radius 2 is 2.45 bits per heavy atom. The largest absolute Gasteiger partial charge is 0.370 e. The van der Waals surface area contributed by atoms with E-state index in [9.17, 15) is 0 Å². The summed E-state index contributed by atoms with van der Waals surface area (Å²) in [5.41, 5.74) is 2.76. The maximum atomic E-state index is 4.27. The maximum absolute atomic E-state index is 4.27. The zero-order valence-corrected chi connectivity index (χ0v) is 6.72. The van der Waals surface area contributed by atoms with Gasteiger partial charge in [0.2, 0.25) is 0 Å². The molecule has 0 atom stereocenters. The number of anilines is 1. The third-order valence-corrected chi connectivity index (χ3v) is 2.19. The highest BCUT2D eigenvalue weighted by molar-refractivity contribution is 5.49. The molecule has 0 bridgehead atoms. The molecule has 1 aliphatic rings. The molecular weight excluding hydrogens is 136 g/mol. The van der Waals surface area contributed by atoms with E-state index in [0.29, 0.717) is 0 Å². The van der Waals surface area contributed by atoms with Gasteiger partial charge in [-0.05, 0) is 37.0 Å². The number of fused-ring (bicyclic) bond motifs is 1. The van der Waals surface area contributed by atoms with Crippen LogP contribution in [0.5, 0.6) is 0 Å². The number of pyridine rings is 1. The first kappa shape index (κ1) is 6.65. The lowest BCUT2D eigenvalue weighted by Gasteiger charge is -2.17. The first-order valence-electron chi connectivity index (χ1n) is 4.06. The molecule has 0 unspecified atom stereocenters. The van der Waals surface area contributed by atoms with Crippen LogP contribution in [0.15, 0.2) is 12.3 Å². The Bertz CT molecular complexity index is 268. The number of nitrogens with zero attached hydrogens (tertiary/aromatic N) is 1. The minimum absolute atomic E-state index is 1.07. The average molecular weight is 148 g/mol. The minimum Gasteiger partial charge on any atom is -0.370 e. The second kappa shape index (κ2) is 2.53. The van der Waals surface area contributed by atoms with E-state index >= 15 is 0 Å². The van der Waals surface area contributed by atoms with E-state index in [1.807, 2.05) is 6.20 Å². The summed E-state index contributed by atoms with van der Waals surface area (Å²) < 4.78 is 0. The molecule has 58 valence electrons. The van der Waals surface area contributed by atoms with Gasteiger partial charge in [-0.1, -0.05) is 0 Å². The van der Waals surface area contributed by atoms with E-state index < -0.39 is 0 Å². The maximum Gasteiger partial charge on any atom is 0.129 e. The van der Waals surface area contributed by atoms with E-state index in [-0.39, 0.29) is 0 Å².